The summed E-state index contributed by atoms with van der Waals surface area (Å²) in [7, 11) is 1.76. The van der Waals surface area contributed by atoms with Crippen molar-refractivity contribution in [2.75, 3.05) is 40.0 Å². The topological polar surface area (TPSA) is 54.9 Å². The smallest absolute Gasteiger partial charge is 0.191 e. The maximum atomic E-state index is 5.57. The lowest BCUT2D eigenvalue weighted by molar-refractivity contribution is 0.0168. The lowest BCUT2D eigenvalue weighted by atomic mass is 10.2. The van der Waals surface area contributed by atoms with Gasteiger partial charge in [-0.2, -0.15) is 0 Å². The molecule has 2 N–H and O–H groups in total. The van der Waals surface area contributed by atoms with Gasteiger partial charge in [0.1, 0.15) is 0 Å². The molecule has 1 atom stereocenters. The molecule has 1 aliphatic heterocycles. The molecule has 5 nitrogen and oxygen atoms in total. The minimum absolute atomic E-state index is 0.319. The summed E-state index contributed by atoms with van der Waals surface area (Å²) < 4.78 is 11.1. The van der Waals surface area contributed by atoms with Crippen molar-refractivity contribution in [1.82, 2.24) is 10.6 Å². The van der Waals surface area contributed by atoms with E-state index in [1.165, 1.54) is 6.42 Å². The molecular formula is C13H25N3O2. The van der Waals surface area contributed by atoms with Gasteiger partial charge in [-0.1, -0.05) is 6.08 Å². The Hall–Kier alpha value is -1.07. The second-order valence-electron chi connectivity index (χ2n) is 4.23. The highest BCUT2D eigenvalue weighted by atomic mass is 16.5. The van der Waals surface area contributed by atoms with Crippen LogP contribution in [0.1, 0.15) is 19.3 Å². The van der Waals surface area contributed by atoms with Crippen LogP contribution < -0.4 is 10.6 Å². The molecule has 104 valence electrons. The van der Waals surface area contributed by atoms with Crippen molar-refractivity contribution < 1.29 is 9.47 Å². The summed E-state index contributed by atoms with van der Waals surface area (Å²) in [6.45, 7) is 7.59. The van der Waals surface area contributed by atoms with Gasteiger partial charge in [-0.15, -0.1) is 6.58 Å². The number of nitrogens with zero attached hydrogens (tertiary/aromatic N) is 1. The van der Waals surface area contributed by atoms with Crippen LogP contribution in [0.4, 0.5) is 0 Å². The van der Waals surface area contributed by atoms with Gasteiger partial charge in [-0.25, -0.2) is 0 Å². The fourth-order valence-electron chi connectivity index (χ4n) is 1.76. The summed E-state index contributed by atoms with van der Waals surface area (Å²) in [5.74, 6) is 0.800. The van der Waals surface area contributed by atoms with E-state index >= 15 is 0 Å². The number of rotatable bonds is 8. The third-order valence-corrected chi connectivity index (χ3v) is 2.72. The zero-order chi connectivity index (χ0) is 13.1. The fourth-order valence-corrected chi connectivity index (χ4v) is 1.76. The average molecular weight is 255 g/mol. The maximum absolute atomic E-state index is 5.57. The first-order valence-electron chi connectivity index (χ1n) is 6.61. The van der Waals surface area contributed by atoms with Gasteiger partial charge in [0.25, 0.3) is 0 Å². The van der Waals surface area contributed by atoms with Gasteiger partial charge in [0.2, 0.25) is 0 Å². The zero-order valence-electron chi connectivity index (χ0n) is 11.3. The van der Waals surface area contributed by atoms with E-state index in [1.54, 1.807) is 13.1 Å². The Balaban J connectivity index is 1.92. The van der Waals surface area contributed by atoms with Crippen molar-refractivity contribution in [2.45, 2.75) is 25.4 Å². The molecule has 5 heteroatoms. The average Bonchev–Trinajstić information content (AvgIpc) is 2.90. The van der Waals surface area contributed by atoms with E-state index < -0.39 is 0 Å². The van der Waals surface area contributed by atoms with Gasteiger partial charge in [0.15, 0.2) is 5.96 Å². The van der Waals surface area contributed by atoms with Crippen molar-refractivity contribution in [3.63, 3.8) is 0 Å². The van der Waals surface area contributed by atoms with Crippen molar-refractivity contribution >= 4 is 5.96 Å². The largest absolute Gasteiger partial charge is 0.379 e. The summed E-state index contributed by atoms with van der Waals surface area (Å²) in [6, 6.07) is 0. The molecule has 0 amide bonds. The Bertz CT molecular complexity index is 251. The minimum atomic E-state index is 0.319. The van der Waals surface area contributed by atoms with Crippen LogP contribution in [0, 0.1) is 0 Å². The number of hydrogen-bond acceptors (Lipinski definition) is 3. The number of nitrogens with one attached hydrogen (secondary N) is 2. The highest BCUT2D eigenvalue weighted by molar-refractivity contribution is 5.79. The second-order valence-corrected chi connectivity index (χ2v) is 4.23. The van der Waals surface area contributed by atoms with E-state index in [1.807, 2.05) is 0 Å². The molecule has 1 heterocycles. The van der Waals surface area contributed by atoms with Gasteiger partial charge in [-0.05, 0) is 19.3 Å². The molecule has 0 aromatic heterocycles. The highest BCUT2D eigenvalue weighted by Gasteiger charge is 2.14. The summed E-state index contributed by atoms with van der Waals surface area (Å²) in [5, 5.41) is 6.33. The van der Waals surface area contributed by atoms with Crippen LogP contribution >= 0.6 is 0 Å². The molecular weight excluding hydrogens is 230 g/mol. The number of ether oxygens (including phenoxy) is 2. The number of guanidine groups is 1. The highest BCUT2D eigenvalue weighted by Crippen LogP contribution is 2.11. The Morgan fingerprint density at radius 2 is 2.44 bits per heavy atom. The zero-order valence-corrected chi connectivity index (χ0v) is 11.3. The van der Waals surface area contributed by atoms with Crippen LogP contribution in [0.15, 0.2) is 17.6 Å². The number of aliphatic imine (C=N–C) groups is 1. The summed E-state index contributed by atoms with van der Waals surface area (Å²) in [6.07, 6.45) is 5.39. The molecule has 0 aliphatic carbocycles. The first kappa shape index (κ1) is 15.0. The molecule has 18 heavy (non-hydrogen) atoms. The van der Waals surface area contributed by atoms with Crippen LogP contribution in [-0.2, 0) is 9.47 Å². The van der Waals surface area contributed by atoms with Crippen molar-refractivity contribution in [3.05, 3.63) is 12.7 Å². The predicted molar refractivity (Wildman–Crippen MR) is 74.0 cm³/mol. The Labute approximate surface area is 110 Å². The molecule has 0 aromatic carbocycles. The molecule has 0 aromatic rings. The summed E-state index contributed by atoms with van der Waals surface area (Å²) >= 11 is 0. The number of hydrogen-bond donors (Lipinski definition) is 2. The van der Waals surface area contributed by atoms with Crippen molar-refractivity contribution in [3.8, 4) is 0 Å². The van der Waals surface area contributed by atoms with Gasteiger partial charge >= 0.3 is 0 Å². The third kappa shape index (κ3) is 6.61. The molecule has 0 spiro atoms. The Morgan fingerprint density at radius 1 is 1.56 bits per heavy atom. The minimum Gasteiger partial charge on any atom is -0.379 e. The first-order valence-corrected chi connectivity index (χ1v) is 6.61. The lowest BCUT2D eigenvalue weighted by Gasteiger charge is -2.12. The first-order chi connectivity index (χ1) is 8.86. The fraction of sp³-hybridized carbons (Fsp3) is 0.769. The normalized spacial score (nSPS) is 19.8. The Kier molecular flexibility index (Phi) is 8.25. The van der Waals surface area contributed by atoms with E-state index in [2.05, 4.69) is 22.2 Å². The molecule has 1 aliphatic rings. The van der Waals surface area contributed by atoms with E-state index in [0.29, 0.717) is 6.10 Å². The standard InChI is InChI=1S/C13H25N3O2/c1-3-7-15-13(14-2)16-8-5-9-17-11-12-6-4-10-18-12/h3,12H,1,4-11H2,2H3,(H2,14,15,16). The van der Waals surface area contributed by atoms with E-state index in [-0.39, 0.29) is 0 Å². The van der Waals surface area contributed by atoms with Crippen LogP contribution in [-0.4, -0.2) is 52.0 Å². The molecule has 0 bridgehead atoms. The van der Waals surface area contributed by atoms with Crippen LogP contribution in [0.3, 0.4) is 0 Å². The molecule has 1 unspecified atom stereocenters. The van der Waals surface area contributed by atoms with E-state index in [9.17, 15) is 0 Å². The molecule has 0 radical (unpaired) electrons. The summed E-state index contributed by atoms with van der Waals surface area (Å²) in [4.78, 5) is 4.09. The van der Waals surface area contributed by atoms with Gasteiger partial charge in [-0.3, -0.25) is 4.99 Å². The summed E-state index contributed by atoms with van der Waals surface area (Å²) in [5.41, 5.74) is 0. The van der Waals surface area contributed by atoms with Gasteiger partial charge < -0.3 is 20.1 Å². The van der Waals surface area contributed by atoms with E-state index in [0.717, 1.165) is 51.7 Å². The van der Waals surface area contributed by atoms with Gasteiger partial charge in [0.05, 0.1) is 12.7 Å². The monoisotopic (exact) mass is 255 g/mol. The Morgan fingerprint density at radius 3 is 3.11 bits per heavy atom. The van der Waals surface area contributed by atoms with Crippen LogP contribution in [0.25, 0.3) is 0 Å². The lowest BCUT2D eigenvalue weighted by Crippen LogP contribution is -2.38. The maximum Gasteiger partial charge on any atom is 0.191 e. The van der Waals surface area contributed by atoms with Crippen LogP contribution in [0.5, 0.6) is 0 Å². The van der Waals surface area contributed by atoms with Crippen molar-refractivity contribution in [2.24, 2.45) is 4.99 Å². The molecule has 1 rings (SSSR count). The van der Waals surface area contributed by atoms with E-state index in [4.69, 9.17) is 9.47 Å². The van der Waals surface area contributed by atoms with Crippen molar-refractivity contribution in [1.29, 1.82) is 0 Å². The predicted octanol–water partition coefficient (Wildman–Crippen LogP) is 0.923. The second kappa shape index (κ2) is 9.91. The quantitative estimate of drug-likeness (QED) is 0.293. The van der Waals surface area contributed by atoms with Gasteiger partial charge in [0, 0.05) is 33.4 Å². The molecule has 0 saturated carbocycles. The molecule has 1 fully saturated rings. The molecule has 1 saturated heterocycles. The van der Waals surface area contributed by atoms with Crippen LogP contribution in [0.2, 0.25) is 0 Å². The third-order valence-electron chi connectivity index (χ3n) is 2.72. The SMILES string of the molecule is C=CCNC(=NC)NCCCOCC1CCCO1.